The molecule has 0 aliphatic carbocycles. The van der Waals surface area contributed by atoms with Gasteiger partial charge in [0.1, 0.15) is 0 Å². The molecule has 2 rings (SSSR count). The normalized spacial score (nSPS) is 11.6. The van der Waals surface area contributed by atoms with Crippen molar-refractivity contribution >= 4 is 10.0 Å². The summed E-state index contributed by atoms with van der Waals surface area (Å²) in [6.45, 7) is 4.18. The summed E-state index contributed by atoms with van der Waals surface area (Å²) in [7, 11) is 0.0352. The number of benzene rings is 1. The molecule has 0 bridgehead atoms. The van der Waals surface area contributed by atoms with Crippen molar-refractivity contribution < 1.29 is 17.9 Å². The average molecular weight is 411 g/mol. The topological polar surface area (TPSA) is 99.8 Å². The van der Waals surface area contributed by atoms with E-state index in [0.29, 0.717) is 23.7 Å². The first-order chi connectivity index (χ1) is 13.2. The van der Waals surface area contributed by atoms with Crippen LogP contribution in [0.5, 0.6) is 11.5 Å². The maximum absolute atomic E-state index is 13.1. The standard InChI is InChI=1S/C18H25N3O6S/c1-6-21(11-13-8-9-14(27-7-2)15(10-13)26-5)28(24,25)16-12-19(3)18(23)20(4)17(16)22/h8-10,12H,6-7,11H2,1-5H3. The van der Waals surface area contributed by atoms with E-state index >= 15 is 0 Å². The Hall–Kier alpha value is -2.59. The molecule has 0 atom stereocenters. The van der Waals surface area contributed by atoms with Crippen molar-refractivity contribution in [3.8, 4) is 11.5 Å². The van der Waals surface area contributed by atoms with E-state index in [2.05, 4.69) is 0 Å². The first kappa shape index (κ1) is 21.7. The summed E-state index contributed by atoms with van der Waals surface area (Å²) < 4.78 is 39.9. The summed E-state index contributed by atoms with van der Waals surface area (Å²) in [6, 6.07) is 5.15. The van der Waals surface area contributed by atoms with Crippen LogP contribution in [0, 0.1) is 0 Å². The van der Waals surface area contributed by atoms with E-state index in [9.17, 15) is 18.0 Å². The molecule has 10 heteroatoms. The number of hydrogen-bond donors (Lipinski definition) is 0. The van der Waals surface area contributed by atoms with Crippen LogP contribution in [-0.4, -0.2) is 42.1 Å². The van der Waals surface area contributed by atoms with E-state index in [-0.39, 0.29) is 13.1 Å². The van der Waals surface area contributed by atoms with Gasteiger partial charge in [0.05, 0.1) is 13.7 Å². The molecule has 1 aromatic carbocycles. The third kappa shape index (κ3) is 4.12. The number of ether oxygens (including phenoxy) is 2. The SMILES string of the molecule is CCOc1ccc(CN(CC)S(=O)(=O)c2cn(C)c(=O)n(C)c2=O)cc1OC. The molecule has 9 nitrogen and oxygen atoms in total. The summed E-state index contributed by atoms with van der Waals surface area (Å²) >= 11 is 0. The smallest absolute Gasteiger partial charge is 0.330 e. The van der Waals surface area contributed by atoms with Gasteiger partial charge in [0.2, 0.25) is 10.0 Å². The molecular formula is C18H25N3O6S. The van der Waals surface area contributed by atoms with Crippen molar-refractivity contribution in [3.05, 3.63) is 50.8 Å². The molecule has 0 saturated heterocycles. The number of aryl methyl sites for hydroxylation is 1. The molecule has 0 spiro atoms. The predicted octanol–water partition coefficient (Wildman–Crippen LogP) is 0.702. The highest BCUT2D eigenvalue weighted by Gasteiger charge is 2.28. The molecule has 28 heavy (non-hydrogen) atoms. The van der Waals surface area contributed by atoms with Crippen LogP contribution in [0.1, 0.15) is 19.4 Å². The number of methoxy groups -OCH3 is 1. The quantitative estimate of drug-likeness (QED) is 0.634. The van der Waals surface area contributed by atoms with E-state index in [1.165, 1.54) is 25.5 Å². The van der Waals surface area contributed by atoms with E-state index < -0.39 is 26.2 Å². The third-order valence-electron chi connectivity index (χ3n) is 4.27. The number of aromatic nitrogens is 2. The molecule has 1 aromatic heterocycles. The van der Waals surface area contributed by atoms with Gasteiger partial charge >= 0.3 is 5.69 Å². The molecule has 0 aliphatic rings. The summed E-state index contributed by atoms with van der Waals surface area (Å²) in [6.07, 6.45) is 1.06. The fraction of sp³-hybridized carbons (Fsp3) is 0.444. The highest BCUT2D eigenvalue weighted by molar-refractivity contribution is 7.89. The van der Waals surface area contributed by atoms with E-state index in [1.54, 1.807) is 25.1 Å². The molecule has 1 heterocycles. The van der Waals surface area contributed by atoms with Crippen molar-refractivity contribution in [2.24, 2.45) is 14.1 Å². The van der Waals surface area contributed by atoms with Gasteiger partial charge in [-0.2, -0.15) is 4.31 Å². The highest BCUT2D eigenvalue weighted by atomic mass is 32.2. The molecule has 0 radical (unpaired) electrons. The molecule has 0 amide bonds. The summed E-state index contributed by atoms with van der Waals surface area (Å²) in [5.74, 6) is 1.05. The molecule has 154 valence electrons. The minimum atomic E-state index is -4.11. The molecule has 0 fully saturated rings. The number of sulfonamides is 1. The van der Waals surface area contributed by atoms with Gasteiger partial charge in [-0.05, 0) is 24.6 Å². The zero-order valence-corrected chi connectivity index (χ0v) is 17.4. The summed E-state index contributed by atoms with van der Waals surface area (Å²) in [5.41, 5.74) is -0.776. The Morgan fingerprint density at radius 1 is 1.11 bits per heavy atom. The second-order valence-corrected chi connectivity index (χ2v) is 8.01. The monoisotopic (exact) mass is 411 g/mol. The van der Waals surface area contributed by atoms with Gasteiger partial charge in [-0.3, -0.25) is 9.36 Å². The fourth-order valence-electron chi connectivity index (χ4n) is 2.75. The van der Waals surface area contributed by atoms with E-state index in [0.717, 1.165) is 15.3 Å². The van der Waals surface area contributed by atoms with Crippen molar-refractivity contribution in [3.63, 3.8) is 0 Å². The van der Waals surface area contributed by atoms with Crippen LogP contribution in [0.15, 0.2) is 38.9 Å². The van der Waals surface area contributed by atoms with Crippen LogP contribution >= 0.6 is 0 Å². The van der Waals surface area contributed by atoms with Crippen LogP contribution in [0.3, 0.4) is 0 Å². The predicted molar refractivity (Wildman–Crippen MR) is 104 cm³/mol. The second-order valence-electron chi connectivity index (χ2n) is 6.10. The van der Waals surface area contributed by atoms with Crippen LogP contribution in [0.2, 0.25) is 0 Å². The van der Waals surface area contributed by atoms with E-state index in [1.807, 2.05) is 6.92 Å². The van der Waals surface area contributed by atoms with Gasteiger partial charge in [0, 0.05) is 33.4 Å². The number of nitrogens with zero attached hydrogens (tertiary/aromatic N) is 3. The van der Waals surface area contributed by atoms with Crippen LogP contribution < -0.4 is 20.7 Å². The van der Waals surface area contributed by atoms with Gasteiger partial charge in [0.25, 0.3) is 5.56 Å². The number of hydrogen-bond acceptors (Lipinski definition) is 6. The Kier molecular flexibility index (Phi) is 6.68. The van der Waals surface area contributed by atoms with Crippen LogP contribution in [-0.2, 0) is 30.7 Å². The minimum Gasteiger partial charge on any atom is -0.493 e. The lowest BCUT2D eigenvalue weighted by atomic mass is 10.2. The van der Waals surface area contributed by atoms with Gasteiger partial charge in [-0.15, -0.1) is 0 Å². The Bertz CT molecular complexity index is 1070. The lowest BCUT2D eigenvalue weighted by molar-refractivity contribution is 0.310. The lowest BCUT2D eigenvalue weighted by Gasteiger charge is -2.21. The average Bonchev–Trinajstić information content (AvgIpc) is 2.67. The zero-order chi connectivity index (χ0) is 21.1. The van der Waals surface area contributed by atoms with Crippen molar-refractivity contribution in [2.45, 2.75) is 25.3 Å². The van der Waals surface area contributed by atoms with Gasteiger partial charge in [0.15, 0.2) is 16.4 Å². The highest BCUT2D eigenvalue weighted by Crippen LogP contribution is 2.29. The van der Waals surface area contributed by atoms with E-state index in [4.69, 9.17) is 9.47 Å². The largest absolute Gasteiger partial charge is 0.493 e. The van der Waals surface area contributed by atoms with Crippen LogP contribution in [0.25, 0.3) is 0 Å². The van der Waals surface area contributed by atoms with Gasteiger partial charge in [-0.25, -0.2) is 13.2 Å². The lowest BCUT2D eigenvalue weighted by Crippen LogP contribution is -2.42. The first-order valence-electron chi connectivity index (χ1n) is 8.73. The zero-order valence-electron chi connectivity index (χ0n) is 16.6. The minimum absolute atomic E-state index is 0.0353. The second kappa shape index (κ2) is 8.61. The molecule has 0 unspecified atom stereocenters. The fourth-order valence-corrected chi connectivity index (χ4v) is 4.33. The molecular weight excluding hydrogens is 386 g/mol. The first-order valence-corrected chi connectivity index (χ1v) is 10.2. The summed E-state index contributed by atoms with van der Waals surface area (Å²) in [5, 5.41) is 0. The maximum atomic E-state index is 13.1. The Morgan fingerprint density at radius 3 is 2.36 bits per heavy atom. The van der Waals surface area contributed by atoms with Crippen molar-refractivity contribution in [2.75, 3.05) is 20.3 Å². The molecule has 0 aliphatic heterocycles. The molecule has 2 aromatic rings. The third-order valence-corrected chi connectivity index (χ3v) is 6.18. The van der Waals surface area contributed by atoms with Gasteiger partial charge < -0.3 is 14.0 Å². The van der Waals surface area contributed by atoms with Crippen molar-refractivity contribution in [1.29, 1.82) is 0 Å². The van der Waals surface area contributed by atoms with Crippen molar-refractivity contribution in [1.82, 2.24) is 13.4 Å². The van der Waals surface area contributed by atoms with Gasteiger partial charge in [-0.1, -0.05) is 13.0 Å². The Balaban J connectivity index is 2.46. The Labute approximate surface area is 163 Å². The van der Waals surface area contributed by atoms with Crippen LogP contribution in [0.4, 0.5) is 0 Å². The summed E-state index contributed by atoms with van der Waals surface area (Å²) in [4.78, 5) is 23.8. The molecule has 0 N–H and O–H groups in total. The molecule has 0 saturated carbocycles. The maximum Gasteiger partial charge on any atom is 0.330 e. The Morgan fingerprint density at radius 2 is 1.79 bits per heavy atom. The number of rotatable bonds is 8.